The SMILES string of the molecule is CCOc1cc(C2C3=C(CC(C)(C)CC3=O)N(CCC(=O)O)C3=C2C(=O)CC(C)(C)C3)cc(Cl)c1OCc1ccccc1. The first-order chi connectivity index (χ1) is 20.3. The van der Waals surface area contributed by atoms with Crippen molar-refractivity contribution in [2.75, 3.05) is 13.2 Å². The van der Waals surface area contributed by atoms with Gasteiger partial charge in [-0.25, -0.2) is 0 Å². The number of carboxylic acid groups (broad SMARTS) is 1. The summed E-state index contributed by atoms with van der Waals surface area (Å²) in [6.45, 7) is 11.0. The summed E-state index contributed by atoms with van der Waals surface area (Å²) in [5, 5.41) is 9.93. The Morgan fingerprint density at radius 3 is 2.05 bits per heavy atom. The molecule has 1 aliphatic heterocycles. The van der Waals surface area contributed by atoms with E-state index in [1.165, 1.54) is 0 Å². The lowest BCUT2D eigenvalue weighted by atomic mass is 9.63. The molecule has 3 aliphatic rings. The van der Waals surface area contributed by atoms with Gasteiger partial charge in [0.05, 0.1) is 18.1 Å². The summed E-state index contributed by atoms with van der Waals surface area (Å²) < 4.78 is 12.2. The van der Waals surface area contributed by atoms with Crippen LogP contribution >= 0.6 is 11.6 Å². The number of aliphatic carboxylic acids is 1. The smallest absolute Gasteiger partial charge is 0.305 e. The first-order valence-electron chi connectivity index (χ1n) is 14.9. The van der Waals surface area contributed by atoms with Gasteiger partial charge in [-0.3, -0.25) is 14.4 Å². The molecule has 2 aromatic carbocycles. The van der Waals surface area contributed by atoms with Crippen molar-refractivity contribution in [3.05, 3.63) is 81.2 Å². The fraction of sp³-hybridized carbons (Fsp3) is 0.457. The second-order valence-electron chi connectivity index (χ2n) is 13.4. The first-order valence-corrected chi connectivity index (χ1v) is 15.3. The van der Waals surface area contributed by atoms with Gasteiger partial charge in [-0.2, -0.15) is 0 Å². The molecule has 0 radical (unpaired) electrons. The van der Waals surface area contributed by atoms with E-state index < -0.39 is 11.9 Å². The molecule has 2 aliphatic carbocycles. The van der Waals surface area contributed by atoms with Crippen molar-refractivity contribution in [1.29, 1.82) is 0 Å². The van der Waals surface area contributed by atoms with E-state index in [2.05, 4.69) is 27.7 Å². The zero-order chi connectivity index (χ0) is 31.1. The summed E-state index contributed by atoms with van der Waals surface area (Å²) in [5.74, 6) is -0.749. The van der Waals surface area contributed by atoms with Crippen LogP contribution in [0.25, 0.3) is 0 Å². The molecule has 2 aromatic rings. The molecule has 43 heavy (non-hydrogen) atoms. The number of carbonyl (C=O) groups excluding carboxylic acids is 2. The third kappa shape index (κ3) is 6.37. The van der Waals surface area contributed by atoms with Gasteiger partial charge in [-0.15, -0.1) is 0 Å². The van der Waals surface area contributed by atoms with Crippen molar-refractivity contribution in [2.24, 2.45) is 10.8 Å². The minimum Gasteiger partial charge on any atom is -0.490 e. The Morgan fingerprint density at radius 2 is 1.51 bits per heavy atom. The van der Waals surface area contributed by atoms with Crippen LogP contribution in [0.3, 0.4) is 0 Å². The maximum Gasteiger partial charge on any atom is 0.305 e. The lowest BCUT2D eigenvalue weighted by molar-refractivity contribution is -0.137. The van der Waals surface area contributed by atoms with Crippen molar-refractivity contribution in [3.8, 4) is 11.5 Å². The van der Waals surface area contributed by atoms with Crippen LogP contribution in [0.1, 0.15) is 83.8 Å². The second kappa shape index (κ2) is 11.8. The molecule has 0 saturated carbocycles. The van der Waals surface area contributed by atoms with E-state index in [9.17, 15) is 19.5 Å². The number of hydrogen-bond donors (Lipinski definition) is 1. The van der Waals surface area contributed by atoms with Crippen molar-refractivity contribution < 1.29 is 29.0 Å². The molecule has 0 saturated heterocycles. The maximum atomic E-state index is 14.0. The van der Waals surface area contributed by atoms with Crippen LogP contribution in [0.15, 0.2) is 65.0 Å². The summed E-state index contributed by atoms with van der Waals surface area (Å²) in [7, 11) is 0. The van der Waals surface area contributed by atoms with E-state index >= 15 is 0 Å². The number of hydrogen-bond acceptors (Lipinski definition) is 6. The predicted molar refractivity (Wildman–Crippen MR) is 165 cm³/mol. The lowest BCUT2D eigenvalue weighted by Crippen LogP contribution is -2.45. The van der Waals surface area contributed by atoms with Crippen LogP contribution in [0.5, 0.6) is 11.5 Å². The summed E-state index contributed by atoms with van der Waals surface area (Å²) in [6.07, 6.45) is 1.76. The molecule has 0 fully saturated rings. The highest BCUT2D eigenvalue weighted by Gasteiger charge is 2.49. The van der Waals surface area contributed by atoms with Crippen LogP contribution in [0.2, 0.25) is 5.02 Å². The Morgan fingerprint density at radius 1 is 0.930 bits per heavy atom. The van der Waals surface area contributed by atoms with Gasteiger partial charge in [0.2, 0.25) is 0 Å². The van der Waals surface area contributed by atoms with Gasteiger partial charge in [-0.1, -0.05) is 69.6 Å². The molecule has 0 atom stereocenters. The lowest BCUT2D eigenvalue weighted by Gasteiger charge is -2.49. The molecule has 228 valence electrons. The molecule has 0 bridgehead atoms. The topological polar surface area (TPSA) is 93.1 Å². The summed E-state index contributed by atoms with van der Waals surface area (Å²) in [5.41, 5.74) is 3.81. The number of Topliss-reactive ketones (excluding diaryl/α,β-unsaturated/α-hetero) is 2. The predicted octanol–water partition coefficient (Wildman–Crippen LogP) is 7.48. The molecule has 1 heterocycles. The van der Waals surface area contributed by atoms with Crippen LogP contribution in [0, 0.1) is 10.8 Å². The zero-order valence-corrected chi connectivity index (χ0v) is 26.3. The average molecular weight is 606 g/mol. The van der Waals surface area contributed by atoms with E-state index in [1.54, 1.807) is 6.07 Å². The van der Waals surface area contributed by atoms with Gasteiger partial charge in [0.15, 0.2) is 23.1 Å². The largest absolute Gasteiger partial charge is 0.490 e. The number of benzene rings is 2. The van der Waals surface area contributed by atoms with E-state index in [1.807, 2.05) is 48.2 Å². The van der Waals surface area contributed by atoms with Crippen molar-refractivity contribution in [1.82, 2.24) is 4.90 Å². The molecule has 0 amide bonds. The summed E-state index contributed by atoms with van der Waals surface area (Å²) in [6, 6.07) is 13.4. The molecule has 0 unspecified atom stereocenters. The van der Waals surface area contributed by atoms with Crippen LogP contribution in [-0.2, 0) is 21.0 Å². The van der Waals surface area contributed by atoms with Crippen molar-refractivity contribution in [3.63, 3.8) is 0 Å². The highest BCUT2D eigenvalue weighted by atomic mass is 35.5. The molecule has 7 nitrogen and oxygen atoms in total. The molecule has 1 N–H and O–H groups in total. The van der Waals surface area contributed by atoms with E-state index in [0.29, 0.717) is 72.1 Å². The fourth-order valence-corrected chi connectivity index (χ4v) is 7.02. The average Bonchev–Trinajstić information content (AvgIpc) is 2.90. The number of allylic oxidation sites excluding steroid dienone is 4. The zero-order valence-electron chi connectivity index (χ0n) is 25.6. The highest BCUT2D eigenvalue weighted by Crippen LogP contribution is 2.55. The summed E-state index contributed by atoms with van der Waals surface area (Å²) in [4.78, 5) is 41.7. The Labute approximate surface area is 258 Å². The van der Waals surface area contributed by atoms with E-state index in [4.69, 9.17) is 21.1 Å². The van der Waals surface area contributed by atoms with Crippen LogP contribution in [-0.4, -0.2) is 40.7 Å². The quantitative estimate of drug-likeness (QED) is 0.317. The Hall–Kier alpha value is -3.58. The third-order valence-electron chi connectivity index (χ3n) is 8.46. The molecule has 0 aromatic heterocycles. The van der Waals surface area contributed by atoms with Gasteiger partial charge in [0, 0.05) is 47.8 Å². The Kier molecular flexibility index (Phi) is 8.50. The molecular weight excluding hydrogens is 566 g/mol. The summed E-state index contributed by atoms with van der Waals surface area (Å²) >= 11 is 6.90. The Balaban J connectivity index is 1.68. The van der Waals surface area contributed by atoms with E-state index in [0.717, 1.165) is 17.0 Å². The van der Waals surface area contributed by atoms with Gasteiger partial charge in [-0.05, 0) is 53.9 Å². The minimum absolute atomic E-state index is 0.0285. The van der Waals surface area contributed by atoms with Crippen molar-refractivity contribution >= 4 is 29.1 Å². The van der Waals surface area contributed by atoms with Gasteiger partial charge in [0.1, 0.15) is 6.61 Å². The molecular formula is C35H40ClNO6. The molecule has 0 spiro atoms. The number of halogens is 1. The van der Waals surface area contributed by atoms with Gasteiger partial charge < -0.3 is 19.5 Å². The van der Waals surface area contributed by atoms with Gasteiger partial charge in [0.25, 0.3) is 0 Å². The number of rotatable bonds is 9. The highest BCUT2D eigenvalue weighted by molar-refractivity contribution is 6.32. The number of ether oxygens (including phenoxy) is 2. The number of ketones is 2. The van der Waals surface area contributed by atoms with E-state index in [-0.39, 0.29) is 35.4 Å². The first kappa shape index (κ1) is 30.9. The number of carboxylic acids is 1. The maximum absolute atomic E-state index is 14.0. The van der Waals surface area contributed by atoms with Crippen LogP contribution in [0.4, 0.5) is 0 Å². The monoisotopic (exact) mass is 605 g/mol. The minimum atomic E-state index is -0.923. The molecule has 5 rings (SSSR count). The van der Waals surface area contributed by atoms with Crippen LogP contribution < -0.4 is 9.47 Å². The number of carbonyl (C=O) groups is 3. The molecule has 8 heteroatoms. The van der Waals surface area contributed by atoms with Gasteiger partial charge >= 0.3 is 5.97 Å². The second-order valence-corrected chi connectivity index (χ2v) is 13.8. The third-order valence-corrected chi connectivity index (χ3v) is 8.74. The fourth-order valence-electron chi connectivity index (χ4n) is 6.75. The normalized spacial score (nSPS) is 19.7. The Bertz CT molecular complexity index is 1470. The van der Waals surface area contributed by atoms with Crippen molar-refractivity contribution in [2.45, 2.75) is 79.2 Å². The number of nitrogens with zero attached hydrogens (tertiary/aromatic N) is 1. The standard InChI is InChI=1S/C35H40ClNO6/c1-6-42-28-15-22(14-23(36)33(28)43-20-21-10-8-7-9-11-21)30-31-24(16-34(2,3)18-26(31)38)37(13-12-29(40)41)25-17-35(4,5)19-27(39)32(25)30/h7-11,14-15,30H,6,12-13,16-20H2,1-5H3,(H,40,41).